The van der Waals surface area contributed by atoms with E-state index in [0.717, 1.165) is 30.1 Å². The highest BCUT2D eigenvalue weighted by Gasteiger charge is 2.24. The number of tetrazole rings is 1. The Morgan fingerprint density at radius 3 is 2.71 bits per heavy atom. The first kappa shape index (κ1) is 14.3. The molecule has 112 valence electrons. The lowest BCUT2D eigenvalue weighted by Crippen LogP contribution is -2.19. The zero-order valence-electron chi connectivity index (χ0n) is 12.2. The summed E-state index contributed by atoms with van der Waals surface area (Å²) in [4.78, 5) is 0. The van der Waals surface area contributed by atoms with E-state index >= 15 is 0 Å². The van der Waals surface area contributed by atoms with Crippen LogP contribution < -0.4 is 5.73 Å². The number of hydrogen-bond acceptors (Lipinski definition) is 4. The van der Waals surface area contributed by atoms with Gasteiger partial charge in [-0.3, -0.25) is 0 Å². The van der Waals surface area contributed by atoms with E-state index in [1.165, 1.54) is 19.3 Å². The van der Waals surface area contributed by atoms with Gasteiger partial charge in [0.15, 0.2) is 5.82 Å². The lowest BCUT2D eigenvalue weighted by molar-refractivity contribution is 0.255. The minimum absolute atomic E-state index is 0.384. The van der Waals surface area contributed by atoms with E-state index in [2.05, 4.69) is 22.4 Å². The van der Waals surface area contributed by atoms with Crippen LogP contribution in [0, 0.1) is 5.92 Å². The largest absolute Gasteiger partial charge is 0.398 e. The van der Waals surface area contributed by atoms with Crippen LogP contribution in [0.2, 0.25) is 5.02 Å². The van der Waals surface area contributed by atoms with Crippen LogP contribution in [0.25, 0.3) is 11.4 Å². The zero-order chi connectivity index (χ0) is 14.8. The van der Waals surface area contributed by atoms with Gasteiger partial charge in [0.2, 0.25) is 0 Å². The number of aromatic nitrogens is 4. The predicted molar refractivity (Wildman–Crippen MR) is 84.0 cm³/mol. The Hall–Kier alpha value is -1.62. The van der Waals surface area contributed by atoms with E-state index in [4.69, 9.17) is 17.3 Å². The summed E-state index contributed by atoms with van der Waals surface area (Å²) in [5.74, 6) is 1.63. The van der Waals surface area contributed by atoms with Gasteiger partial charge in [0.25, 0.3) is 0 Å². The molecule has 0 atom stereocenters. The van der Waals surface area contributed by atoms with Gasteiger partial charge in [-0.15, -0.1) is 5.10 Å². The molecule has 0 bridgehead atoms. The lowest BCUT2D eigenvalue weighted by Gasteiger charge is -2.28. The smallest absolute Gasteiger partial charge is 0.182 e. The summed E-state index contributed by atoms with van der Waals surface area (Å²) in [5.41, 5.74) is 7.35. The Bertz CT molecular complexity index is 616. The number of nitrogens with two attached hydrogens (primary N) is 1. The molecule has 0 amide bonds. The van der Waals surface area contributed by atoms with Crippen molar-refractivity contribution in [3.05, 3.63) is 23.2 Å². The van der Waals surface area contributed by atoms with Crippen molar-refractivity contribution in [2.45, 2.75) is 45.1 Å². The highest BCUT2D eigenvalue weighted by atomic mass is 35.5. The third-order valence-corrected chi connectivity index (χ3v) is 4.83. The van der Waals surface area contributed by atoms with Gasteiger partial charge in [0.1, 0.15) is 0 Å². The molecule has 0 saturated heterocycles. The van der Waals surface area contributed by atoms with E-state index < -0.39 is 0 Å². The van der Waals surface area contributed by atoms with Gasteiger partial charge in [0, 0.05) is 5.56 Å². The van der Waals surface area contributed by atoms with Crippen molar-refractivity contribution in [2.24, 2.45) is 5.92 Å². The molecule has 0 spiro atoms. The molecular formula is C15H20ClN5. The van der Waals surface area contributed by atoms with Gasteiger partial charge in [-0.25, -0.2) is 4.68 Å². The molecule has 2 N–H and O–H groups in total. The molecular weight excluding hydrogens is 286 g/mol. The van der Waals surface area contributed by atoms with Crippen molar-refractivity contribution >= 4 is 17.3 Å². The van der Waals surface area contributed by atoms with Crippen LogP contribution in [0.1, 0.15) is 45.1 Å². The molecule has 1 heterocycles. The van der Waals surface area contributed by atoms with Crippen LogP contribution in [0.5, 0.6) is 0 Å². The molecule has 1 saturated carbocycles. The molecule has 0 radical (unpaired) electrons. The maximum Gasteiger partial charge on any atom is 0.182 e. The van der Waals surface area contributed by atoms with Crippen molar-refractivity contribution in [3.8, 4) is 11.4 Å². The fourth-order valence-electron chi connectivity index (χ4n) is 3.11. The van der Waals surface area contributed by atoms with Gasteiger partial charge in [-0.2, -0.15) is 0 Å². The van der Waals surface area contributed by atoms with Crippen molar-refractivity contribution < 1.29 is 0 Å². The maximum atomic E-state index is 5.98. The van der Waals surface area contributed by atoms with Crippen LogP contribution in [0.15, 0.2) is 18.2 Å². The molecule has 5 nitrogen and oxygen atoms in total. The van der Waals surface area contributed by atoms with Crippen molar-refractivity contribution in [2.75, 3.05) is 5.73 Å². The van der Waals surface area contributed by atoms with Gasteiger partial charge >= 0.3 is 0 Å². The molecule has 0 aliphatic heterocycles. The Labute approximate surface area is 129 Å². The van der Waals surface area contributed by atoms with E-state index in [-0.39, 0.29) is 0 Å². The Morgan fingerprint density at radius 1 is 1.29 bits per heavy atom. The summed E-state index contributed by atoms with van der Waals surface area (Å²) in [6.07, 6.45) is 6.05. The lowest BCUT2D eigenvalue weighted by atomic mass is 9.84. The minimum Gasteiger partial charge on any atom is -0.398 e. The summed E-state index contributed by atoms with van der Waals surface area (Å²) in [7, 11) is 0. The number of benzene rings is 1. The first-order chi connectivity index (χ1) is 10.2. The number of nitrogen functional groups attached to an aromatic ring is 1. The van der Waals surface area contributed by atoms with Gasteiger partial charge in [-0.05, 0) is 60.2 Å². The minimum atomic E-state index is 0.384. The Kier molecular flexibility index (Phi) is 4.10. The van der Waals surface area contributed by atoms with Crippen LogP contribution in [0.4, 0.5) is 5.69 Å². The van der Waals surface area contributed by atoms with Gasteiger partial charge in [0.05, 0.1) is 16.8 Å². The fraction of sp³-hybridized carbons (Fsp3) is 0.533. The normalized spacial score (nSPS) is 22.4. The van der Waals surface area contributed by atoms with Crippen molar-refractivity contribution in [1.82, 2.24) is 20.2 Å². The summed E-state index contributed by atoms with van der Waals surface area (Å²) in [5, 5.41) is 12.8. The monoisotopic (exact) mass is 305 g/mol. The fourth-order valence-corrected chi connectivity index (χ4v) is 3.23. The predicted octanol–water partition coefficient (Wildman–Crippen LogP) is 3.72. The standard InChI is InChI=1S/C15H20ClN5/c1-2-10-3-6-12(7-4-10)21-15(18-19-20-21)11-5-8-13(16)14(17)9-11/h5,8-10,12H,2-4,6-7,17H2,1H3. The molecule has 1 fully saturated rings. The Balaban J connectivity index is 1.85. The van der Waals surface area contributed by atoms with E-state index in [0.29, 0.717) is 16.8 Å². The third-order valence-electron chi connectivity index (χ3n) is 4.49. The molecule has 2 aromatic rings. The topological polar surface area (TPSA) is 69.6 Å². The summed E-state index contributed by atoms with van der Waals surface area (Å²) < 4.78 is 1.95. The van der Waals surface area contributed by atoms with Gasteiger partial charge < -0.3 is 5.73 Å². The average Bonchev–Trinajstić information content (AvgIpc) is 2.99. The number of anilines is 1. The second-order valence-electron chi connectivity index (χ2n) is 5.77. The second kappa shape index (κ2) is 6.02. The molecule has 3 rings (SSSR count). The highest BCUT2D eigenvalue weighted by Crippen LogP contribution is 2.35. The molecule has 21 heavy (non-hydrogen) atoms. The molecule has 0 unspecified atom stereocenters. The average molecular weight is 306 g/mol. The number of nitrogens with zero attached hydrogens (tertiary/aromatic N) is 4. The van der Waals surface area contributed by atoms with Crippen LogP contribution in [0.3, 0.4) is 0 Å². The van der Waals surface area contributed by atoms with Crippen LogP contribution in [-0.4, -0.2) is 20.2 Å². The SMILES string of the molecule is CCC1CCC(n2nnnc2-c2ccc(Cl)c(N)c2)CC1. The zero-order valence-corrected chi connectivity index (χ0v) is 12.9. The third kappa shape index (κ3) is 2.88. The number of hydrogen-bond donors (Lipinski definition) is 1. The number of halogens is 1. The van der Waals surface area contributed by atoms with Crippen LogP contribution >= 0.6 is 11.6 Å². The van der Waals surface area contributed by atoms with E-state index in [1.807, 2.05) is 16.8 Å². The summed E-state index contributed by atoms with van der Waals surface area (Å²) in [6, 6.07) is 5.93. The van der Waals surface area contributed by atoms with Gasteiger partial charge in [-0.1, -0.05) is 24.9 Å². The molecule has 1 aromatic carbocycles. The summed E-state index contributed by atoms with van der Waals surface area (Å²) >= 11 is 5.98. The molecule has 1 aliphatic carbocycles. The maximum absolute atomic E-state index is 5.98. The molecule has 1 aliphatic rings. The van der Waals surface area contributed by atoms with Crippen molar-refractivity contribution in [1.29, 1.82) is 0 Å². The first-order valence-corrected chi connectivity index (χ1v) is 7.90. The van der Waals surface area contributed by atoms with E-state index in [1.54, 1.807) is 6.07 Å². The van der Waals surface area contributed by atoms with Crippen LogP contribution in [-0.2, 0) is 0 Å². The number of rotatable bonds is 3. The van der Waals surface area contributed by atoms with E-state index in [9.17, 15) is 0 Å². The molecule has 1 aromatic heterocycles. The highest BCUT2D eigenvalue weighted by molar-refractivity contribution is 6.33. The quantitative estimate of drug-likeness (QED) is 0.877. The first-order valence-electron chi connectivity index (χ1n) is 7.52. The van der Waals surface area contributed by atoms with Crippen molar-refractivity contribution in [3.63, 3.8) is 0 Å². The Morgan fingerprint density at radius 2 is 2.05 bits per heavy atom. The second-order valence-corrected chi connectivity index (χ2v) is 6.17. The molecule has 6 heteroatoms. The summed E-state index contributed by atoms with van der Waals surface area (Å²) in [6.45, 7) is 2.27.